The van der Waals surface area contributed by atoms with E-state index in [4.69, 9.17) is 16.9 Å². The van der Waals surface area contributed by atoms with Crippen molar-refractivity contribution in [2.24, 2.45) is 0 Å². The molecule has 1 aromatic heterocycles. The molecule has 90 valence electrons. The third-order valence-electron chi connectivity index (χ3n) is 2.67. The van der Waals surface area contributed by atoms with Crippen molar-refractivity contribution in [2.45, 2.75) is 25.3 Å². The van der Waals surface area contributed by atoms with Crippen LogP contribution in [0.15, 0.2) is 12.3 Å². The first kappa shape index (κ1) is 12.2. The van der Waals surface area contributed by atoms with Crippen molar-refractivity contribution >= 4 is 17.4 Å². The molecule has 0 atom stereocenters. The third-order valence-corrected chi connectivity index (χ3v) is 3.05. The van der Waals surface area contributed by atoms with Gasteiger partial charge in [-0.05, 0) is 31.9 Å². The van der Waals surface area contributed by atoms with E-state index in [2.05, 4.69) is 15.6 Å². The van der Waals surface area contributed by atoms with E-state index in [0.717, 1.165) is 25.6 Å². The predicted octanol–water partition coefficient (Wildman–Crippen LogP) is 2.16. The van der Waals surface area contributed by atoms with Crippen LogP contribution in [0.2, 0.25) is 5.02 Å². The Morgan fingerprint density at radius 3 is 3.00 bits per heavy atom. The predicted molar refractivity (Wildman–Crippen MR) is 68.1 cm³/mol. The van der Waals surface area contributed by atoms with Gasteiger partial charge in [-0.1, -0.05) is 11.6 Å². The van der Waals surface area contributed by atoms with Crippen molar-refractivity contribution in [3.8, 4) is 6.07 Å². The zero-order valence-corrected chi connectivity index (χ0v) is 10.3. The van der Waals surface area contributed by atoms with Gasteiger partial charge in [0.2, 0.25) is 0 Å². The topological polar surface area (TPSA) is 60.7 Å². The second kappa shape index (κ2) is 5.85. The van der Waals surface area contributed by atoms with Crippen LogP contribution in [0.25, 0.3) is 0 Å². The highest BCUT2D eigenvalue weighted by molar-refractivity contribution is 6.34. The minimum absolute atomic E-state index is 0.408. The summed E-state index contributed by atoms with van der Waals surface area (Å²) in [6.07, 6.45) is 5.23. The number of rotatable bonds is 6. The first-order chi connectivity index (χ1) is 8.31. The second-order valence-electron chi connectivity index (χ2n) is 4.14. The van der Waals surface area contributed by atoms with Crippen LogP contribution in [-0.4, -0.2) is 24.1 Å². The van der Waals surface area contributed by atoms with Crippen molar-refractivity contribution < 1.29 is 0 Å². The van der Waals surface area contributed by atoms with Crippen LogP contribution in [0.5, 0.6) is 0 Å². The summed E-state index contributed by atoms with van der Waals surface area (Å²) in [7, 11) is 0. The number of halogens is 1. The summed E-state index contributed by atoms with van der Waals surface area (Å²) in [6.45, 7) is 1.81. The molecule has 0 unspecified atom stereocenters. The molecule has 0 saturated heterocycles. The van der Waals surface area contributed by atoms with Gasteiger partial charge in [0.15, 0.2) is 0 Å². The van der Waals surface area contributed by atoms with Gasteiger partial charge >= 0.3 is 0 Å². The van der Waals surface area contributed by atoms with Gasteiger partial charge in [0.1, 0.15) is 16.9 Å². The molecule has 1 aliphatic carbocycles. The van der Waals surface area contributed by atoms with Crippen LogP contribution in [0.3, 0.4) is 0 Å². The Balaban J connectivity index is 1.75. The molecule has 1 saturated carbocycles. The maximum atomic E-state index is 8.82. The van der Waals surface area contributed by atoms with Gasteiger partial charge in [0.25, 0.3) is 0 Å². The highest BCUT2D eigenvalue weighted by Crippen LogP contribution is 2.22. The molecule has 0 aromatic carbocycles. The molecule has 1 fully saturated rings. The van der Waals surface area contributed by atoms with E-state index in [-0.39, 0.29) is 0 Å². The van der Waals surface area contributed by atoms with Crippen molar-refractivity contribution in [1.82, 2.24) is 10.3 Å². The van der Waals surface area contributed by atoms with Crippen LogP contribution in [-0.2, 0) is 0 Å². The number of nitrogens with one attached hydrogen (secondary N) is 2. The number of pyridine rings is 1. The Hall–Kier alpha value is -1.31. The normalized spacial score (nSPS) is 14.4. The Labute approximate surface area is 106 Å². The van der Waals surface area contributed by atoms with Crippen LogP contribution < -0.4 is 10.6 Å². The summed E-state index contributed by atoms with van der Waals surface area (Å²) in [5.41, 5.74) is 0.459. The van der Waals surface area contributed by atoms with Crippen molar-refractivity contribution in [2.75, 3.05) is 18.4 Å². The van der Waals surface area contributed by atoms with Gasteiger partial charge in [-0.3, -0.25) is 0 Å². The summed E-state index contributed by atoms with van der Waals surface area (Å²) >= 11 is 6.02. The van der Waals surface area contributed by atoms with E-state index >= 15 is 0 Å². The number of nitriles is 1. The standard InChI is InChI=1S/C12H15ClN4/c13-11-9(8-14)4-7-17-12(11)16-6-1-5-15-10-2-3-10/h4,7,10,15H,1-3,5-6H2,(H,16,17). The molecule has 0 aliphatic heterocycles. The third kappa shape index (κ3) is 3.58. The first-order valence-electron chi connectivity index (χ1n) is 5.83. The smallest absolute Gasteiger partial charge is 0.146 e. The minimum atomic E-state index is 0.408. The number of nitrogens with zero attached hydrogens (tertiary/aromatic N) is 2. The van der Waals surface area contributed by atoms with E-state index in [1.807, 2.05) is 6.07 Å². The molecule has 2 N–H and O–H groups in total. The Morgan fingerprint density at radius 1 is 1.47 bits per heavy atom. The molecule has 2 rings (SSSR count). The SMILES string of the molecule is N#Cc1ccnc(NCCCNC2CC2)c1Cl. The van der Waals surface area contributed by atoms with Crippen LogP contribution in [0.1, 0.15) is 24.8 Å². The first-order valence-corrected chi connectivity index (χ1v) is 6.21. The summed E-state index contributed by atoms with van der Waals surface area (Å²) in [5, 5.41) is 15.8. The Bertz CT molecular complexity index is 423. The molecule has 1 heterocycles. The molecule has 0 bridgehead atoms. The van der Waals surface area contributed by atoms with Crippen molar-refractivity contribution in [1.29, 1.82) is 5.26 Å². The van der Waals surface area contributed by atoms with E-state index in [1.165, 1.54) is 12.8 Å². The Kier molecular flexibility index (Phi) is 4.18. The maximum Gasteiger partial charge on any atom is 0.146 e. The summed E-state index contributed by atoms with van der Waals surface area (Å²) < 4.78 is 0. The molecule has 4 nitrogen and oxygen atoms in total. The van der Waals surface area contributed by atoms with Gasteiger partial charge in [0, 0.05) is 18.8 Å². The van der Waals surface area contributed by atoms with E-state index in [1.54, 1.807) is 12.3 Å². The molecular formula is C12H15ClN4. The highest BCUT2D eigenvalue weighted by Gasteiger charge is 2.19. The fourth-order valence-electron chi connectivity index (χ4n) is 1.54. The summed E-state index contributed by atoms with van der Waals surface area (Å²) in [6, 6.07) is 4.40. The lowest BCUT2D eigenvalue weighted by molar-refractivity contribution is 0.658. The average molecular weight is 251 g/mol. The van der Waals surface area contributed by atoms with Crippen LogP contribution in [0, 0.1) is 11.3 Å². The van der Waals surface area contributed by atoms with E-state index < -0.39 is 0 Å². The van der Waals surface area contributed by atoms with Crippen molar-refractivity contribution in [3.63, 3.8) is 0 Å². The zero-order chi connectivity index (χ0) is 12.1. The van der Waals surface area contributed by atoms with Gasteiger partial charge in [0.05, 0.1) is 5.56 Å². The van der Waals surface area contributed by atoms with E-state index in [0.29, 0.717) is 16.4 Å². The number of hydrogen-bond acceptors (Lipinski definition) is 4. The molecule has 1 aromatic rings. The van der Waals surface area contributed by atoms with E-state index in [9.17, 15) is 0 Å². The zero-order valence-electron chi connectivity index (χ0n) is 9.54. The molecule has 17 heavy (non-hydrogen) atoms. The minimum Gasteiger partial charge on any atom is -0.369 e. The maximum absolute atomic E-state index is 8.82. The lowest BCUT2D eigenvalue weighted by atomic mass is 10.3. The number of aromatic nitrogens is 1. The molecular weight excluding hydrogens is 236 g/mol. The van der Waals surface area contributed by atoms with Gasteiger partial charge < -0.3 is 10.6 Å². The van der Waals surface area contributed by atoms with Crippen molar-refractivity contribution in [3.05, 3.63) is 22.8 Å². The molecule has 5 heteroatoms. The average Bonchev–Trinajstić information content (AvgIpc) is 3.15. The fraction of sp³-hybridized carbons (Fsp3) is 0.500. The van der Waals surface area contributed by atoms with Gasteiger partial charge in [-0.2, -0.15) is 5.26 Å². The molecule has 1 aliphatic rings. The lowest BCUT2D eigenvalue weighted by Crippen LogP contribution is -2.20. The largest absolute Gasteiger partial charge is 0.369 e. The molecule has 0 radical (unpaired) electrons. The Morgan fingerprint density at radius 2 is 2.29 bits per heavy atom. The number of anilines is 1. The summed E-state index contributed by atoms with van der Waals surface area (Å²) in [4.78, 5) is 4.12. The van der Waals surface area contributed by atoms with Gasteiger partial charge in [-0.25, -0.2) is 4.98 Å². The van der Waals surface area contributed by atoms with Crippen LogP contribution >= 0.6 is 11.6 Å². The second-order valence-corrected chi connectivity index (χ2v) is 4.52. The fourth-order valence-corrected chi connectivity index (χ4v) is 1.76. The molecule has 0 spiro atoms. The highest BCUT2D eigenvalue weighted by atomic mass is 35.5. The quantitative estimate of drug-likeness (QED) is 0.760. The monoisotopic (exact) mass is 250 g/mol. The summed E-state index contributed by atoms with van der Waals surface area (Å²) in [5.74, 6) is 0.595. The van der Waals surface area contributed by atoms with Crippen LogP contribution in [0.4, 0.5) is 5.82 Å². The molecule has 0 amide bonds. The van der Waals surface area contributed by atoms with Gasteiger partial charge in [-0.15, -0.1) is 0 Å². The lowest BCUT2D eigenvalue weighted by Gasteiger charge is -2.08. The number of hydrogen-bond donors (Lipinski definition) is 2.